The number of rotatable bonds is 6. The van der Waals surface area contributed by atoms with Crippen molar-refractivity contribution >= 4 is 11.7 Å². The molecule has 3 rings (SSSR count). The highest BCUT2D eigenvalue weighted by atomic mass is 16.5. The number of nitrogens with zero attached hydrogens (tertiary/aromatic N) is 3. The van der Waals surface area contributed by atoms with Crippen LogP contribution in [0, 0.1) is 0 Å². The Morgan fingerprint density at radius 3 is 2.81 bits per heavy atom. The van der Waals surface area contributed by atoms with Crippen molar-refractivity contribution in [1.29, 1.82) is 0 Å². The number of ether oxygens (including phenoxy) is 2. The molecule has 1 fully saturated rings. The lowest BCUT2D eigenvalue weighted by Gasteiger charge is -2.33. The number of benzene rings is 1. The van der Waals surface area contributed by atoms with E-state index in [1.54, 1.807) is 0 Å². The van der Waals surface area contributed by atoms with Crippen molar-refractivity contribution in [3.8, 4) is 5.75 Å². The molecule has 26 heavy (non-hydrogen) atoms. The fraction of sp³-hybridized carbons (Fsp3) is 0.400. The third kappa shape index (κ3) is 4.73. The molecule has 1 aliphatic heterocycles. The molecule has 1 aromatic carbocycles. The fourth-order valence-electron chi connectivity index (χ4n) is 2.85. The van der Waals surface area contributed by atoms with Crippen LogP contribution in [-0.4, -0.2) is 56.2 Å². The van der Waals surface area contributed by atoms with E-state index >= 15 is 0 Å². The number of amides is 1. The van der Waals surface area contributed by atoms with Gasteiger partial charge in [0, 0.05) is 20.6 Å². The maximum absolute atomic E-state index is 12.5. The first-order valence-corrected chi connectivity index (χ1v) is 8.85. The van der Waals surface area contributed by atoms with E-state index in [2.05, 4.69) is 4.98 Å². The van der Waals surface area contributed by atoms with Gasteiger partial charge in [-0.05, 0) is 24.3 Å². The maximum Gasteiger partial charge on any atom is 0.226 e. The van der Waals surface area contributed by atoms with Gasteiger partial charge in [0.2, 0.25) is 5.91 Å². The molecule has 0 radical (unpaired) electrons. The lowest BCUT2D eigenvalue weighted by molar-refractivity contribution is -0.139. The van der Waals surface area contributed by atoms with E-state index in [1.807, 2.05) is 72.4 Å². The van der Waals surface area contributed by atoms with Crippen molar-refractivity contribution in [3.05, 3.63) is 54.2 Å². The number of morpholine rings is 1. The monoisotopic (exact) mass is 355 g/mol. The zero-order valence-electron chi connectivity index (χ0n) is 15.3. The molecule has 0 bridgehead atoms. The average Bonchev–Trinajstić information content (AvgIpc) is 2.69. The van der Waals surface area contributed by atoms with Crippen LogP contribution in [0.2, 0.25) is 0 Å². The number of carbonyl (C=O) groups is 1. The highest BCUT2D eigenvalue weighted by Crippen LogP contribution is 2.23. The molecule has 0 saturated carbocycles. The molecule has 1 saturated heterocycles. The summed E-state index contributed by atoms with van der Waals surface area (Å²) in [6, 6.07) is 15.4. The van der Waals surface area contributed by atoms with E-state index < -0.39 is 0 Å². The van der Waals surface area contributed by atoms with Gasteiger partial charge in [0.15, 0.2) is 0 Å². The van der Waals surface area contributed by atoms with Crippen LogP contribution in [0.5, 0.6) is 5.75 Å². The molecule has 6 nitrogen and oxygen atoms in total. The van der Waals surface area contributed by atoms with Crippen LogP contribution in [0.4, 0.5) is 5.82 Å². The summed E-state index contributed by atoms with van der Waals surface area (Å²) < 4.78 is 11.5. The normalized spacial score (nSPS) is 17.0. The Morgan fingerprint density at radius 2 is 2.04 bits per heavy atom. The Balaban J connectivity index is 1.54. The summed E-state index contributed by atoms with van der Waals surface area (Å²) in [6.07, 6.45) is 0.162. The number of hydrogen-bond acceptors (Lipinski definition) is 5. The zero-order chi connectivity index (χ0) is 18.4. The van der Waals surface area contributed by atoms with Crippen LogP contribution in [0.25, 0.3) is 0 Å². The van der Waals surface area contributed by atoms with Gasteiger partial charge in [-0.1, -0.05) is 24.3 Å². The van der Waals surface area contributed by atoms with Gasteiger partial charge in [-0.2, -0.15) is 0 Å². The first-order chi connectivity index (χ1) is 12.6. The Bertz CT molecular complexity index is 721. The van der Waals surface area contributed by atoms with E-state index in [9.17, 15) is 4.79 Å². The van der Waals surface area contributed by atoms with Crippen LogP contribution in [0.3, 0.4) is 0 Å². The first-order valence-electron chi connectivity index (χ1n) is 8.85. The number of anilines is 1. The second-order valence-corrected chi connectivity index (χ2v) is 6.43. The molecule has 6 heteroatoms. The molecule has 0 aliphatic carbocycles. The van der Waals surface area contributed by atoms with E-state index in [4.69, 9.17) is 9.47 Å². The lowest BCUT2D eigenvalue weighted by Crippen LogP contribution is -2.42. The number of para-hydroxylation sites is 1. The topological polar surface area (TPSA) is 54.9 Å². The molecule has 1 amide bonds. The van der Waals surface area contributed by atoms with Crippen LogP contribution in [0.1, 0.15) is 18.2 Å². The van der Waals surface area contributed by atoms with Gasteiger partial charge in [-0.25, -0.2) is 4.98 Å². The third-order valence-electron chi connectivity index (χ3n) is 4.29. The third-order valence-corrected chi connectivity index (χ3v) is 4.29. The quantitative estimate of drug-likeness (QED) is 0.797. The van der Waals surface area contributed by atoms with Crippen molar-refractivity contribution in [1.82, 2.24) is 9.88 Å². The van der Waals surface area contributed by atoms with Gasteiger partial charge in [-0.15, -0.1) is 0 Å². The smallest absolute Gasteiger partial charge is 0.226 e. The average molecular weight is 355 g/mol. The zero-order valence-corrected chi connectivity index (χ0v) is 15.3. The molecule has 1 unspecified atom stereocenters. The number of pyridine rings is 1. The number of hydrogen-bond donors (Lipinski definition) is 0. The summed E-state index contributed by atoms with van der Waals surface area (Å²) in [5, 5.41) is 0. The molecule has 0 spiro atoms. The largest absolute Gasteiger partial charge is 0.493 e. The Morgan fingerprint density at radius 1 is 1.23 bits per heavy atom. The predicted molar refractivity (Wildman–Crippen MR) is 100 cm³/mol. The van der Waals surface area contributed by atoms with Crippen molar-refractivity contribution in [2.24, 2.45) is 0 Å². The van der Waals surface area contributed by atoms with Gasteiger partial charge in [0.25, 0.3) is 0 Å². The second kappa shape index (κ2) is 8.67. The van der Waals surface area contributed by atoms with Crippen molar-refractivity contribution in [3.63, 3.8) is 0 Å². The highest BCUT2D eigenvalue weighted by Gasteiger charge is 2.26. The molecule has 2 aromatic rings. The second-order valence-electron chi connectivity index (χ2n) is 6.43. The van der Waals surface area contributed by atoms with Crippen molar-refractivity contribution in [2.75, 3.05) is 45.3 Å². The summed E-state index contributed by atoms with van der Waals surface area (Å²) >= 11 is 0. The van der Waals surface area contributed by atoms with Crippen LogP contribution < -0.4 is 9.64 Å². The van der Waals surface area contributed by atoms with Gasteiger partial charge < -0.3 is 19.3 Å². The minimum atomic E-state index is -0.192. The van der Waals surface area contributed by atoms with Crippen LogP contribution >= 0.6 is 0 Å². The van der Waals surface area contributed by atoms with Crippen LogP contribution in [0.15, 0.2) is 48.5 Å². The SMILES string of the molecule is CN(C)c1cccc(C2CN(C(=O)CCOc3ccccc3)CCO2)n1. The van der Waals surface area contributed by atoms with Gasteiger partial charge in [-0.3, -0.25) is 4.79 Å². The fourth-order valence-corrected chi connectivity index (χ4v) is 2.85. The summed E-state index contributed by atoms with van der Waals surface area (Å²) in [4.78, 5) is 20.9. The summed E-state index contributed by atoms with van der Waals surface area (Å²) in [5.41, 5.74) is 0.856. The molecular formula is C20H25N3O3. The van der Waals surface area contributed by atoms with E-state index in [0.29, 0.717) is 32.7 Å². The summed E-state index contributed by atoms with van der Waals surface area (Å²) in [6.45, 7) is 2.02. The molecule has 2 heterocycles. The standard InChI is InChI=1S/C20H25N3O3/c1-22(2)19-10-6-9-17(21-19)18-15-23(12-14-26-18)20(24)11-13-25-16-7-4-3-5-8-16/h3-10,18H,11-15H2,1-2H3. The van der Waals surface area contributed by atoms with E-state index in [-0.39, 0.29) is 12.0 Å². The van der Waals surface area contributed by atoms with Crippen LogP contribution in [-0.2, 0) is 9.53 Å². The Hall–Kier alpha value is -2.60. The lowest BCUT2D eigenvalue weighted by atomic mass is 10.1. The number of carbonyl (C=O) groups excluding carboxylic acids is 1. The molecule has 1 aromatic heterocycles. The molecule has 0 N–H and O–H groups in total. The van der Waals surface area contributed by atoms with Gasteiger partial charge in [0.1, 0.15) is 17.7 Å². The Labute approximate surface area is 154 Å². The minimum absolute atomic E-state index is 0.0815. The minimum Gasteiger partial charge on any atom is -0.493 e. The maximum atomic E-state index is 12.5. The van der Waals surface area contributed by atoms with Crippen molar-refractivity contribution < 1.29 is 14.3 Å². The molecule has 138 valence electrons. The van der Waals surface area contributed by atoms with Crippen molar-refractivity contribution in [2.45, 2.75) is 12.5 Å². The summed E-state index contributed by atoms with van der Waals surface area (Å²) in [5.74, 6) is 1.74. The van der Waals surface area contributed by atoms with Gasteiger partial charge >= 0.3 is 0 Å². The molecule has 1 atom stereocenters. The van der Waals surface area contributed by atoms with E-state index in [0.717, 1.165) is 17.3 Å². The highest BCUT2D eigenvalue weighted by molar-refractivity contribution is 5.76. The predicted octanol–water partition coefficient (Wildman–Crippen LogP) is 2.52. The summed E-state index contributed by atoms with van der Waals surface area (Å²) in [7, 11) is 3.91. The van der Waals surface area contributed by atoms with Gasteiger partial charge in [0.05, 0.1) is 31.9 Å². The first kappa shape index (κ1) is 18.2. The number of aromatic nitrogens is 1. The molecule has 1 aliphatic rings. The Kier molecular flexibility index (Phi) is 6.07. The van der Waals surface area contributed by atoms with E-state index in [1.165, 1.54) is 0 Å². The molecular weight excluding hydrogens is 330 g/mol.